The van der Waals surface area contributed by atoms with Crippen LogP contribution in [0.1, 0.15) is 0 Å². The smallest absolute Gasteiger partial charge is 0.398 e. The Balaban J connectivity index is 5.86. The van der Waals surface area contributed by atoms with Crippen molar-refractivity contribution < 1.29 is 37.7 Å². The van der Waals surface area contributed by atoms with Gasteiger partial charge in [0.2, 0.25) is 0 Å². The summed E-state index contributed by atoms with van der Waals surface area (Å²) in [5.41, 5.74) is 0. The van der Waals surface area contributed by atoms with Crippen molar-refractivity contribution in [2.24, 2.45) is 0 Å². The fraction of sp³-hybridized carbons (Fsp3) is 1.00. The molecule has 18 heteroatoms. The van der Waals surface area contributed by atoms with Crippen molar-refractivity contribution >= 4 is 80.6 Å². The lowest BCUT2D eigenvalue weighted by Gasteiger charge is -2.36. The molecule has 0 aromatic heterocycles. The molecule has 0 bridgehead atoms. The first-order valence-corrected chi connectivity index (χ1v) is 31.8. The normalized spacial score (nSPS) is 14.0. The first-order chi connectivity index (χ1) is 13.6. The largest absolute Gasteiger partial charge is 0.653 e. The monoisotopic (exact) mass is 586 g/mol. The van der Waals surface area contributed by atoms with Gasteiger partial charge in [-0.15, -0.1) is 0 Å². The molecule has 0 heterocycles. The lowest BCUT2D eigenvalue weighted by Crippen LogP contribution is -2.56. The SMILES string of the molecule is C[SiH](C)O[Si](O[SiH](C)C)(O[SiH](C)C)O[PH](=O)O[Si](O[SiH](C)C)(O[SiH](C)C)O[SiH](C)C. The van der Waals surface area contributed by atoms with E-state index in [9.17, 15) is 4.57 Å². The third kappa shape index (κ3) is 14.0. The Morgan fingerprint density at radius 1 is 0.433 bits per heavy atom. The summed E-state index contributed by atoms with van der Waals surface area (Å²) in [5, 5.41) is 0. The third-order valence-corrected chi connectivity index (χ3v) is 24.3. The minimum atomic E-state index is -3.58. The number of hydrogen-bond donors (Lipinski definition) is 0. The van der Waals surface area contributed by atoms with Crippen molar-refractivity contribution in [2.45, 2.75) is 78.6 Å². The summed E-state index contributed by atoms with van der Waals surface area (Å²) in [6, 6.07) is 0. The van der Waals surface area contributed by atoms with Crippen molar-refractivity contribution in [3.63, 3.8) is 0 Å². The predicted molar refractivity (Wildman–Crippen MR) is 142 cm³/mol. The highest BCUT2D eigenvalue weighted by molar-refractivity contribution is 7.37. The molecule has 0 atom stereocenters. The van der Waals surface area contributed by atoms with E-state index in [2.05, 4.69) is 0 Å². The summed E-state index contributed by atoms with van der Waals surface area (Å²) < 4.78 is 61.8. The summed E-state index contributed by atoms with van der Waals surface area (Å²) in [6.45, 7) is 24.1. The molecule has 0 aliphatic carbocycles. The zero-order valence-electron chi connectivity index (χ0n) is 20.6. The van der Waals surface area contributed by atoms with Crippen LogP contribution in [0.3, 0.4) is 0 Å². The summed E-state index contributed by atoms with van der Waals surface area (Å²) in [7, 11) is -19.9. The molecule has 0 rings (SSSR count). The maximum absolute atomic E-state index is 13.2. The van der Waals surface area contributed by atoms with Gasteiger partial charge in [0.05, 0.1) is 0 Å². The molecule has 0 radical (unpaired) electrons. The quantitative estimate of drug-likeness (QED) is 0.200. The van der Waals surface area contributed by atoms with Crippen LogP contribution in [-0.2, 0) is 37.7 Å². The van der Waals surface area contributed by atoms with E-state index in [0.29, 0.717) is 0 Å². The zero-order chi connectivity index (χ0) is 23.7. The molecule has 0 aromatic carbocycles. The molecule has 0 saturated heterocycles. The summed E-state index contributed by atoms with van der Waals surface area (Å²) in [4.78, 5) is 0. The van der Waals surface area contributed by atoms with Crippen molar-refractivity contribution in [1.29, 1.82) is 0 Å². The Bertz CT molecular complexity index is 417. The van der Waals surface area contributed by atoms with E-state index in [0.717, 1.165) is 0 Å². The van der Waals surface area contributed by atoms with E-state index < -0.39 is 80.6 Å². The minimum Gasteiger partial charge on any atom is -0.398 e. The highest BCUT2D eigenvalue weighted by Gasteiger charge is 2.53. The Kier molecular flexibility index (Phi) is 15.6. The van der Waals surface area contributed by atoms with Gasteiger partial charge in [-0.3, -0.25) is 13.0 Å². The summed E-state index contributed by atoms with van der Waals surface area (Å²) in [6.07, 6.45) is 0. The highest BCUT2D eigenvalue weighted by Crippen LogP contribution is 2.37. The van der Waals surface area contributed by atoms with E-state index >= 15 is 0 Å². The van der Waals surface area contributed by atoms with Crippen LogP contribution in [0.4, 0.5) is 0 Å². The van der Waals surface area contributed by atoms with Crippen LogP contribution in [0, 0.1) is 0 Å². The fourth-order valence-electron chi connectivity index (χ4n) is 2.27. The van der Waals surface area contributed by atoms with E-state index in [4.69, 9.17) is 33.1 Å². The average Bonchev–Trinajstić information content (AvgIpc) is 2.40. The topological polar surface area (TPSA) is 90.9 Å². The Hall–Kier alpha value is 1.65. The molecule has 30 heavy (non-hydrogen) atoms. The standard InChI is InChI=1S/C12H43O9PSi8/c1-23(2)16-29(17-24(3)4,18-25(5)6)14-22(13)15-30(19-26(7)8,20-27(9)10)21-28(11)12/h22-28H,1-12H3. The van der Waals surface area contributed by atoms with Crippen LogP contribution in [-0.4, -0.2) is 72.3 Å². The molecule has 0 N–H and O–H groups in total. The van der Waals surface area contributed by atoms with Gasteiger partial charge in [-0.1, -0.05) is 0 Å². The van der Waals surface area contributed by atoms with Gasteiger partial charge in [-0.05, 0) is 78.6 Å². The summed E-state index contributed by atoms with van der Waals surface area (Å²) in [5.74, 6) is 0. The molecule has 0 fully saturated rings. The van der Waals surface area contributed by atoms with E-state index in [1.807, 2.05) is 78.6 Å². The van der Waals surface area contributed by atoms with Crippen LogP contribution in [0.15, 0.2) is 0 Å². The minimum absolute atomic E-state index is 1.60. The Morgan fingerprint density at radius 3 is 0.733 bits per heavy atom. The van der Waals surface area contributed by atoms with Crippen LogP contribution < -0.4 is 0 Å². The van der Waals surface area contributed by atoms with Gasteiger partial charge in [-0.2, -0.15) is 0 Å². The molecular weight excluding hydrogens is 544 g/mol. The van der Waals surface area contributed by atoms with Crippen molar-refractivity contribution in [3.8, 4) is 0 Å². The second kappa shape index (κ2) is 14.8. The molecule has 9 nitrogen and oxygen atoms in total. The molecule has 182 valence electrons. The van der Waals surface area contributed by atoms with E-state index in [1.165, 1.54) is 0 Å². The predicted octanol–water partition coefficient (Wildman–Crippen LogP) is 2.28. The highest BCUT2D eigenvalue weighted by atomic mass is 31.1. The average molecular weight is 587 g/mol. The van der Waals surface area contributed by atoms with Gasteiger partial charge in [0, 0.05) is 0 Å². The van der Waals surface area contributed by atoms with Crippen molar-refractivity contribution in [2.75, 3.05) is 0 Å². The summed E-state index contributed by atoms with van der Waals surface area (Å²) >= 11 is 0. The second-order valence-corrected chi connectivity index (χ2v) is 30.8. The molecule has 0 saturated carbocycles. The Morgan fingerprint density at radius 2 is 0.600 bits per heavy atom. The van der Waals surface area contributed by atoms with Gasteiger partial charge in [0.1, 0.15) is 0 Å². The maximum Gasteiger partial charge on any atom is 0.653 e. The lowest BCUT2D eigenvalue weighted by molar-refractivity contribution is 0.134. The van der Waals surface area contributed by atoms with Crippen LogP contribution >= 0.6 is 8.25 Å². The molecule has 0 aromatic rings. The first-order valence-electron chi connectivity index (χ1n) is 10.6. The molecule has 0 aliphatic rings. The fourth-order valence-corrected chi connectivity index (χ4v) is 26.4. The van der Waals surface area contributed by atoms with Gasteiger partial charge in [0.25, 0.3) is 0 Å². The zero-order valence-corrected chi connectivity index (χ0v) is 30.6. The molecule has 0 aliphatic heterocycles. The van der Waals surface area contributed by atoms with Crippen molar-refractivity contribution in [3.05, 3.63) is 0 Å². The van der Waals surface area contributed by atoms with Crippen LogP contribution in [0.25, 0.3) is 0 Å². The van der Waals surface area contributed by atoms with Gasteiger partial charge in [0.15, 0.2) is 54.2 Å². The molecule has 0 unspecified atom stereocenters. The lowest BCUT2D eigenvalue weighted by atomic mass is 11.9. The van der Waals surface area contributed by atoms with E-state index in [-0.39, 0.29) is 0 Å². The second-order valence-electron chi connectivity index (χ2n) is 8.45. The maximum atomic E-state index is 13.2. The van der Waals surface area contributed by atoms with Crippen molar-refractivity contribution in [1.82, 2.24) is 0 Å². The van der Waals surface area contributed by atoms with Gasteiger partial charge < -0.3 is 24.7 Å². The van der Waals surface area contributed by atoms with Gasteiger partial charge >= 0.3 is 26.4 Å². The first kappa shape index (κ1) is 31.6. The van der Waals surface area contributed by atoms with Gasteiger partial charge in [-0.25, -0.2) is 0 Å². The Labute approximate surface area is 196 Å². The van der Waals surface area contributed by atoms with E-state index in [1.54, 1.807) is 0 Å². The van der Waals surface area contributed by atoms with Crippen LogP contribution in [0.5, 0.6) is 0 Å². The molecular formula is C12H43O9PSi8. The molecule has 0 amide bonds. The number of rotatable bonds is 16. The third-order valence-electron chi connectivity index (χ3n) is 2.70. The van der Waals surface area contributed by atoms with Crippen LogP contribution in [0.2, 0.25) is 78.6 Å². The molecule has 0 spiro atoms. The number of hydrogen-bond acceptors (Lipinski definition) is 9.